The predicted molar refractivity (Wildman–Crippen MR) is 98.2 cm³/mol. The molecule has 0 spiro atoms. The van der Waals surface area contributed by atoms with Crippen molar-refractivity contribution in [3.05, 3.63) is 59.7 Å². The average Bonchev–Trinajstić information content (AvgIpc) is 3.01. The molecule has 1 heterocycles. The maximum atomic E-state index is 12.3. The number of rotatable bonds is 4. The Morgan fingerprint density at radius 1 is 1.08 bits per heavy atom. The summed E-state index contributed by atoms with van der Waals surface area (Å²) in [6.07, 6.45) is 1.86. The van der Waals surface area contributed by atoms with Gasteiger partial charge in [0.25, 0.3) is 0 Å². The van der Waals surface area contributed by atoms with Crippen LogP contribution in [0.5, 0.6) is 5.75 Å². The Morgan fingerprint density at radius 3 is 2.64 bits per heavy atom. The third-order valence-corrected chi connectivity index (χ3v) is 5.09. The summed E-state index contributed by atoms with van der Waals surface area (Å²) in [6, 6.07) is 16.5. The van der Waals surface area contributed by atoms with Gasteiger partial charge in [0.05, 0.1) is 19.2 Å². The summed E-state index contributed by atoms with van der Waals surface area (Å²) < 4.78 is 5.42. The summed E-state index contributed by atoms with van der Waals surface area (Å²) in [4.78, 5) is 14.6. The van der Waals surface area contributed by atoms with Crippen LogP contribution in [0.2, 0.25) is 0 Å². The fourth-order valence-electron chi connectivity index (χ4n) is 3.77. The Labute approximate surface area is 148 Å². The SMILES string of the molecule is COc1cccc2c1CCC2NC(=O)NC1CN(c2ccccc2)C1. The molecule has 2 aromatic carbocycles. The van der Waals surface area contributed by atoms with Crippen LogP contribution < -0.4 is 20.3 Å². The summed E-state index contributed by atoms with van der Waals surface area (Å²) in [5.74, 6) is 0.916. The first-order chi connectivity index (χ1) is 12.2. The number of anilines is 1. The van der Waals surface area contributed by atoms with E-state index in [-0.39, 0.29) is 18.1 Å². The molecule has 4 rings (SSSR count). The molecule has 1 fully saturated rings. The van der Waals surface area contributed by atoms with Gasteiger partial charge in [-0.3, -0.25) is 0 Å². The van der Waals surface area contributed by atoms with Gasteiger partial charge in [0, 0.05) is 18.8 Å². The predicted octanol–water partition coefficient (Wildman–Crippen LogP) is 2.87. The van der Waals surface area contributed by atoms with E-state index in [9.17, 15) is 4.79 Å². The van der Waals surface area contributed by atoms with Crippen LogP contribution in [0, 0.1) is 0 Å². The molecule has 2 aliphatic rings. The summed E-state index contributed by atoms with van der Waals surface area (Å²) >= 11 is 0. The Kier molecular flexibility index (Phi) is 4.22. The molecule has 1 aliphatic heterocycles. The van der Waals surface area contributed by atoms with Crippen molar-refractivity contribution in [3.8, 4) is 5.75 Å². The monoisotopic (exact) mass is 337 g/mol. The van der Waals surface area contributed by atoms with Crippen LogP contribution in [0.15, 0.2) is 48.5 Å². The first-order valence-electron chi connectivity index (χ1n) is 8.77. The van der Waals surface area contributed by atoms with Crippen LogP contribution in [0.4, 0.5) is 10.5 Å². The van der Waals surface area contributed by atoms with Gasteiger partial charge in [0.2, 0.25) is 0 Å². The number of carbonyl (C=O) groups is 1. The first-order valence-corrected chi connectivity index (χ1v) is 8.77. The van der Waals surface area contributed by atoms with Crippen molar-refractivity contribution < 1.29 is 9.53 Å². The molecular formula is C20H23N3O2. The maximum absolute atomic E-state index is 12.3. The van der Waals surface area contributed by atoms with Gasteiger partial charge < -0.3 is 20.3 Å². The Bertz CT molecular complexity index is 757. The van der Waals surface area contributed by atoms with Crippen LogP contribution >= 0.6 is 0 Å². The smallest absolute Gasteiger partial charge is 0.315 e. The number of amides is 2. The van der Waals surface area contributed by atoms with Crippen molar-refractivity contribution in [2.24, 2.45) is 0 Å². The normalized spacial score (nSPS) is 19.1. The van der Waals surface area contributed by atoms with E-state index in [1.807, 2.05) is 30.3 Å². The molecule has 1 unspecified atom stereocenters. The van der Waals surface area contributed by atoms with Crippen molar-refractivity contribution >= 4 is 11.7 Å². The van der Waals surface area contributed by atoms with Crippen molar-refractivity contribution in [2.75, 3.05) is 25.1 Å². The molecule has 5 heteroatoms. The lowest BCUT2D eigenvalue weighted by Crippen LogP contribution is -2.61. The fourth-order valence-corrected chi connectivity index (χ4v) is 3.77. The van der Waals surface area contributed by atoms with E-state index < -0.39 is 0 Å². The number of benzene rings is 2. The third-order valence-electron chi connectivity index (χ3n) is 5.09. The highest BCUT2D eigenvalue weighted by Gasteiger charge is 2.30. The van der Waals surface area contributed by atoms with Crippen LogP contribution in [0.3, 0.4) is 0 Å². The highest BCUT2D eigenvalue weighted by molar-refractivity contribution is 5.75. The van der Waals surface area contributed by atoms with Gasteiger partial charge in [0.1, 0.15) is 5.75 Å². The second-order valence-electron chi connectivity index (χ2n) is 6.67. The molecule has 1 saturated heterocycles. The number of hydrogen-bond acceptors (Lipinski definition) is 3. The minimum Gasteiger partial charge on any atom is -0.496 e. The molecular weight excluding hydrogens is 314 g/mol. The first kappa shape index (κ1) is 15.8. The number of nitrogens with one attached hydrogen (secondary N) is 2. The minimum absolute atomic E-state index is 0.0652. The van der Waals surface area contributed by atoms with Gasteiger partial charge in [-0.1, -0.05) is 30.3 Å². The largest absolute Gasteiger partial charge is 0.496 e. The number of para-hydroxylation sites is 1. The van der Waals surface area contributed by atoms with Crippen molar-refractivity contribution in [3.63, 3.8) is 0 Å². The van der Waals surface area contributed by atoms with Crippen molar-refractivity contribution in [1.82, 2.24) is 10.6 Å². The molecule has 1 aliphatic carbocycles. The Hall–Kier alpha value is -2.69. The van der Waals surface area contributed by atoms with E-state index in [0.29, 0.717) is 0 Å². The fraction of sp³-hybridized carbons (Fsp3) is 0.350. The van der Waals surface area contributed by atoms with E-state index in [2.05, 4.69) is 33.7 Å². The molecule has 2 amide bonds. The second-order valence-corrected chi connectivity index (χ2v) is 6.67. The minimum atomic E-state index is -0.0848. The quantitative estimate of drug-likeness (QED) is 0.902. The van der Waals surface area contributed by atoms with Gasteiger partial charge in [-0.05, 0) is 42.2 Å². The van der Waals surface area contributed by atoms with E-state index in [1.54, 1.807) is 7.11 Å². The van der Waals surface area contributed by atoms with Gasteiger partial charge in [-0.15, -0.1) is 0 Å². The average molecular weight is 337 g/mol. The molecule has 0 radical (unpaired) electrons. The second kappa shape index (κ2) is 6.67. The Balaban J connectivity index is 1.30. The lowest BCUT2D eigenvalue weighted by Gasteiger charge is -2.41. The van der Waals surface area contributed by atoms with Crippen LogP contribution in [-0.2, 0) is 6.42 Å². The molecule has 130 valence electrons. The highest BCUT2D eigenvalue weighted by atomic mass is 16.5. The number of urea groups is 1. The molecule has 25 heavy (non-hydrogen) atoms. The maximum Gasteiger partial charge on any atom is 0.315 e. The summed E-state index contributed by atoms with van der Waals surface area (Å²) in [6.45, 7) is 1.71. The zero-order valence-electron chi connectivity index (χ0n) is 14.4. The van der Waals surface area contributed by atoms with Crippen LogP contribution in [0.25, 0.3) is 0 Å². The number of ether oxygens (including phenoxy) is 1. The van der Waals surface area contributed by atoms with Crippen molar-refractivity contribution in [2.45, 2.75) is 24.9 Å². The number of hydrogen-bond donors (Lipinski definition) is 2. The third kappa shape index (κ3) is 3.14. The van der Waals surface area contributed by atoms with E-state index >= 15 is 0 Å². The van der Waals surface area contributed by atoms with Crippen LogP contribution in [0.1, 0.15) is 23.6 Å². The van der Waals surface area contributed by atoms with E-state index in [0.717, 1.165) is 31.7 Å². The topological polar surface area (TPSA) is 53.6 Å². The molecule has 0 saturated carbocycles. The zero-order valence-corrected chi connectivity index (χ0v) is 14.4. The van der Waals surface area contributed by atoms with E-state index in [1.165, 1.54) is 16.8 Å². The van der Waals surface area contributed by atoms with Gasteiger partial charge in [-0.25, -0.2) is 4.79 Å². The summed E-state index contributed by atoms with van der Waals surface area (Å²) in [5.41, 5.74) is 3.60. The number of methoxy groups -OCH3 is 1. The van der Waals surface area contributed by atoms with E-state index in [4.69, 9.17) is 4.74 Å². The van der Waals surface area contributed by atoms with Gasteiger partial charge in [0.15, 0.2) is 0 Å². The summed E-state index contributed by atoms with van der Waals surface area (Å²) in [5, 5.41) is 6.20. The molecule has 2 aromatic rings. The zero-order chi connectivity index (χ0) is 17.2. The highest BCUT2D eigenvalue weighted by Crippen LogP contribution is 2.36. The lowest BCUT2D eigenvalue weighted by molar-refractivity contribution is 0.230. The number of fused-ring (bicyclic) bond motifs is 1. The van der Waals surface area contributed by atoms with Gasteiger partial charge in [-0.2, -0.15) is 0 Å². The molecule has 0 aromatic heterocycles. The summed E-state index contributed by atoms with van der Waals surface area (Å²) in [7, 11) is 1.69. The molecule has 0 bridgehead atoms. The van der Waals surface area contributed by atoms with Gasteiger partial charge >= 0.3 is 6.03 Å². The Morgan fingerprint density at radius 2 is 1.88 bits per heavy atom. The number of carbonyl (C=O) groups excluding carboxylic acids is 1. The van der Waals surface area contributed by atoms with Crippen molar-refractivity contribution in [1.29, 1.82) is 0 Å². The molecule has 5 nitrogen and oxygen atoms in total. The number of nitrogens with zero attached hydrogens (tertiary/aromatic N) is 1. The molecule has 2 N–H and O–H groups in total. The standard InChI is InChI=1S/C20H23N3O2/c1-25-19-9-5-8-16-17(19)10-11-18(16)22-20(24)21-14-12-23(13-14)15-6-3-2-4-7-15/h2-9,14,18H,10-13H2,1H3,(H2,21,22,24). The lowest BCUT2D eigenvalue weighted by atomic mass is 10.1. The van der Waals surface area contributed by atoms with Crippen LogP contribution in [-0.4, -0.2) is 32.3 Å². The molecule has 1 atom stereocenters.